The summed E-state index contributed by atoms with van der Waals surface area (Å²) in [6.45, 7) is 1.16. The molecule has 0 spiro atoms. The van der Waals surface area contributed by atoms with Crippen LogP contribution in [0, 0.1) is 11.3 Å². The molecule has 2 aromatic rings. The van der Waals surface area contributed by atoms with Crippen LogP contribution in [0.1, 0.15) is 22.3 Å². The first kappa shape index (κ1) is 16.2. The normalized spacial score (nSPS) is 16.4. The second kappa shape index (κ2) is 7.30. The molecule has 122 valence electrons. The van der Waals surface area contributed by atoms with Crippen LogP contribution < -0.4 is 10.1 Å². The summed E-state index contributed by atoms with van der Waals surface area (Å²) in [7, 11) is 0. The molecule has 0 radical (unpaired) electrons. The van der Waals surface area contributed by atoms with Crippen molar-refractivity contribution in [3.05, 3.63) is 52.7 Å². The Morgan fingerprint density at radius 1 is 1.46 bits per heavy atom. The molecule has 3 rings (SSSR count). The highest BCUT2D eigenvalue weighted by Gasteiger charge is 2.20. The van der Waals surface area contributed by atoms with E-state index in [4.69, 9.17) is 26.3 Å². The molecule has 1 amide bonds. The van der Waals surface area contributed by atoms with Crippen LogP contribution in [0.25, 0.3) is 0 Å². The summed E-state index contributed by atoms with van der Waals surface area (Å²) < 4.78 is 10.9. The van der Waals surface area contributed by atoms with Gasteiger partial charge in [0.2, 0.25) is 5.88 Å². The van der Waals surface area contributed by atoms with Crippen molar-refractivity contribution in [1.82, 2.24) is 4.98 Å². The summed E-state index contributed by atoms with van der Waals surface area (Å²) in [5, 5.41) is 12.0. The predicted molar refractivity (Wildman–Crippen MR) is 88.2 cm³/mol. The molecule has 1 fully saturated rings. The largest absolute Gasteiger partial charge is 0.471 e. The highest BCUT2D eigenvalue weighted by atomic mass is 35.5. The minimum atomic E-state index is -0.400. The average molecular weight is 344 g/mol. The molecule has 0 aliphatic carbocycles. The van der Waals surface area contributed by atoms with Gasteiger partial charge in [-0.1, -0.05) is 23.7 Å². The number of nitriles is 1. The Labute approximate surface area is 144 Å². The summed E-state index contributed by atoms with van der Waals surface area (Å²) in [5.41, 5.74) is 1.10. The number of halogens is 1. The molecule has 24 heavy (non-hydrogen) atoms. The van der Waals surface area contributed by atoms with Crippen LogP contribution in [-0.4, -0.2) is 30.2 Å². The minimum absolute atomic E-state index is 0.0721. The SMILES string of the molecule is N#Cc1ccccc1NC(=O)c1cnc(O[C@@H]2CCOC2)c(Cl)c1. The first-order chi connectivity index (χ1) is 11.7. The first-order valence-electron chi connectivity index (χ1n) is 7.38. The Kier molecular flexibility index (Phi) is 4.94. The molecule has 1 atom stereocenters. The monoisotopic (exact) mass is 343 g/mol. The van der Waals surface area contributed by atoms with Crippen LogP contribution in [0.3, 0.4) is 0 Å². The zero-order chi connectivity index (χ0) is 16.9. The van der Waals surface area contributed by atoms with E-state index in [0.29, 0.717) is 24.5 Å². The fraction of sp³-hybridized carbons (Fsp3) is 0.235. The Morgan fingerprint density at radius 3 is 3.00 bits per heavy atom. The number of aromatic nitrogens is 1. The van der Waals surface area contributed by atoms with Crippen molar-refractivity contribution in [2.24, 2.45) is 0 Å². The summed E-state index contributed by atoms with van der Waals surface area (Å²) in [5.74, 6) is -0.121. The minimum Gasteiger partial charge on any atom is -0.471 e. The summed E-state index contributed by atoms with van der Waals surface area (Å²) in [4.78, 5) is 16.4. The highest BCUT2D eigenvalue weighted by molar-refractivity contribution is 6.32. The number of nitrogens with one attached hydrogen (secondary N) is 1. The fourth-order valence-corrected chi connectivity index (χ4v) is 2.49. The Balaban J connectivity index is 1.73. The van der Waals surface area contributed by atoms with Gasteiger partial charge >= 0.3 is 0 Å². The molecule has 0 unspecified atom stereocenters. The lowest BCUT2D eigenvalue weighted by molar-refractivity contribution is 0.102. The van der Waals surface area contributed by atoms with E-state index >= 15 is 0 Å². The molecular formula is C17H14ClN3O3. The van der Waals surface area contributed by atoms with Gasteiger partial charge in [-0.15, -0.1) is 0 Å². The second-order valence-electron chi connectivity index (χ2n) is 5.23. The summed E-state index contributed by atoms with van der Waals surface area (Å²) >= 11 is 6.15. The molecule has 0 saturated carbocycles. The van der Waals surface area contributed by atoms with Crippen molar-refractivity contribution in [2.75, 3.05) is 18.5 Å². The van der Waals surface area contributed by atoms with Crippen LogP contribution in [-0.2, 0) is 4.74 Å². The van der Waals surface area contributed by atoms with Crippen LogP contribution in [0.15, 0.2) is 36.5 Å². The molecule has 2 heterocycles. The quantitative estimate of drug-likeness (QED) is 0.922. The van der Waals surface area contributed by atoms with Crippen molar-refractivity contribution < 1.29 is 14.3 Å². The molecule has 1 aromatic heterocycles. The Morgan fingerprint density at radius 2 is 2.29 bits per heavy atom. The van der Waals surface area contributed by atoms with E-state index in [1.54, 1.807) is 24.3 Å². The molecule has 6 nitrogen and oxygen atoms in total. The molecule has 1 aliphatic rings. The highest BCUT2D eigenvalue weighted by Crippen LogP contribution is 2.25. The van der Waals surface area contributed by atoms with Crippen molar-refractivity contribution in [3.63, 3.8) is 0 Å². The molecule has 1 aliphatic heterocycles. The number of amides is 1. The van der Waals surface area contributed by atoms with Gasteiger partial charge in [-0.3, -0.25) is 4.79 Å². The van der Waals surface area contributed by atoms with Crippen LogP contribution in [0.4, 0.5) is 5.69 Å². The number of rotatable bonds is 4. The lowest BCUT2D eigenvalue weighted by Gasteiger charge is -2.13. The number of hydrogen-bond acceptors (Lipinski definition) is 5. The van der Waals surface area contributed by atoms with Gasteiger partial charge in [0.05, 0.1) is 30.0 Å². The van der Waals surface area contributed by atoms with Gasteiger partial charge in [0.1, 0.15) is 17.2 Å². The van der Waals surface area contributed by atoms with Crippen molar-refractivity contribution in [2.45, 2.75) is 12.5 Å². The number of ether oxygens (including phenoxy) is 2. The lowest BCUT2D eigenvalue weighted by atomic mass is 10.2. The topological polar surface area (TPSA) is 84.2 Å². The molecule has 1 aromatic carbocycles. The number of carbonyl (C=O) groups is 1. The van der Waals surface area contributed by atoms with Gasteiger partial charge in [0, 0.05) is 12.6 Å². The van der Waals surface area contributed by atoms with Gasteiger partial charge in [-0.2, -0.15) is 5.26 Å². The smallest absolute Gasteiger partial charge is 0.257 e. The molecule has 0 bridgehead atoms. The number of benzene rings is 1. The van der Waals surface area contributed by atoms with Gasteiger partial charge in [0.25, 0.3) is 5.91 Å². The van der Waals surface area contributed by atoms with Crippen LogP contribution >= 0.6 is 11.6 Å². The Hall–Kier alpha value is -2.62. The van der Waals surface area contributed by atoms with E-state index in [2.05, 4.69) is 10.3 Å². The molecule has 1 N–H and O–H groups in total. The standard InChI is InChI=1S/C17H14ClN3O3/c18-14-7-12(9-20-17(14)24-13-5-6-23-10-13)16(22)21-15-4-2-1-3-11(15)8-19/h1-4,7,9,13H,5-6,10H2,(H,21,22)/t13-/m1/s1. The van der Waals surface area contributed by atoms with Crippen molar-refractivity contribution in [1.29, 1.82) is 5.26 Å². The second-order valence-corrected chi connectivity index (χ2v) is 5.63. The van der Waals surface area contributed by atoms with E-state index in [1.807, 2.05) is 6.07 Å². The first-order valence-corrected chi connectivity index (χ1v) is 7.75. The number of anilines is 1. The summed E-state index contributed by atoms with van der Waals surface area (Å²) in [6, 6.07) is 10.3. The van der Waals surface area contributed by atoms with E-state index in [-0.39, 0.29) is 22.6 Å². The van der Waals surface area contributed by atoms with Crippen LogP contribution in [0.2, 0.25) is 5.02 Å². The predicted octanol–water partition coefficient (Wildman–Crippen LogP) is 3.03. The van der Waals surface area contributed by atoms with Crippen LogP contribution in [0.5, 0.6) is 5.88 Å². The number of hydrogen-bond donors (Lipinski definition) is 1. The molecular weight excluding hydrogens is 330 g/mol. The van der Waals surface area contributed by atoms with E-state index in [0.717, 1.165) is 6.42 Å². The maximum atomic E-state index is 12.3. The molecule has 1 saturated heterocycles. The fourth-order valence-electron chi connectivity index (χ4n) is 2.28. The van der Waals surface area contributed by atoms with Crippen molar-refractivity contribution in [3.8, 4) is 11.9 Å². The maximum Gasteiger partial charge on any atom is 0.257 e. The lowest BCUT2D eigenvalue weighted by Crippen LogP contribution is -2.17. The zero-order valence-electron chi connectivity index (χ0n) is 12.7. The Bertz CT molecular complexity index is 798. The third-order valence-corrected chi connectivity index (χ3v) is 3.80. The van der Waals surface area contributed by atoms with Crippen molar-refractivity contribution >= 4 is 23.2 Å². The zero-order valence-corrected chi connectivity index (χ0v) is 13.4. The van der Waals surface area contributed by atoms with Gasteiger partial charge < -0.3 is 14.8 Å². The third kappa shape index (κ3) is 3.65. The maximum absolute atomic E-state index is 12.3. The average Bonchev–Trinajstić information content (AvgIpc) is 3.10. The van der Waals surface area contributed by atoms with E-state index < -0.39 is 5.91 Å². The number of carbonyl (C=O) groups excluding carboxylic acids is 1. The third-order valence-electron chi connectivity index (χ3n) is 3.53. The number of pyridine rings is 1. The number of nitrogens with zero attached hydrogens (tertiary/aromatic N) is 2. The molecule has 7 heteroatoms. The van der Waals surface area contributed by atoms with Gasteiger partial charge in [-0.05, 0) is 18.2 Å². The van der Waals surface area contributed by atoms with E-state index in [9.17, 15) is 4.79 Å². The number of para-hydroxylation sites is 1. The van der Waals surface area contributed by atoms with E-state index in [1.165, 1.54) is 12.3 Å². The van der Waals surface area contributed by atoms with Gasteiger partial charge in [0.15, 0.2) is 0 Å². The summed E-state index contributed by atoms with van der Waals surface area (Å²) in [6.07, 6.45) is 2.10. The van der Waals surface area contributed by atoms with Gasteiger partial charge in [-0.25, -0.2) is 4.98 Å².